The first-order chi connectivity index (χ1) is 15.6. The number of hydrogen-bond donors (Lipinski definition) is 0. The van der Waals surface area contributed by atoms with E-state index >= 15 is 0 Å². The molecule has 166 valence electrons. The largest absolute Gasteiger partial charge is 0.380 e. The minimum absolute atomic E-state index is 0.0742. The first-order valence-electron chi connectivity index (χ1n) is 10.2. The van der Waals surface area contributed by atoms with Crippen LogP contribution in [0.25, 0.3) is 21.5 Å². The summed E-state index contributed by atoms with van der Waals surface area (Å²) in [4.78, 5) is 22.3. The Morgan fingerprint density at radius 3 is 2.84 bits per heavy atom. The van der Waals surface area contributed by atoms with Gasteiger partial charge in [-0.05, 0) is 23.6 Å². The van der Waals surface area contributed by atoms with E-state index in [0.29, 0.717) is 60.3 Å². The third-order valence-electron chi connectivity index (χ3n) is 5.51. The summed E-state index contributed by atoms with van der Waals surface area (Å²) in [6.45, 7) is 3.29. The van der Waals surface area contributed by atoms with E-state index in [-0.39, 0.29) is 18.3 Å². The van der Waals surface area contributed by atoms with Crippen molar-refractivity contribution in [3.8, 4) is 11.4 Å². The molecule has 0 saturated carbocycles. The molecule has 0 unspecified atom stereocenters. The van der Waals surface area contributed by atoms with E-state index in [2.05, 4.69) is 15.0 Å². The van der Waals surface area contributed by atoms with Crippen LogP contribution in [-0.2, 0) is 17.9 Å². The molecule has 10 heteroatoms. The van der Waals surface area contributed by atoms with Crippen molar-refractivity contribution < 1.29 is 18.4 Å². The average molecular weight is 473 g/mol. The minimum Gasteiger partial charge on any atom is -0.380 e. The van der Waals surface area contributed by atoms with Gasteiger partial charge in [0.2, 0.25) is 11.7 Å². The van der Waals surface area contributed by atoms with Crippen LogP contribution in [0.15, 0.2) is 39.5 Å². The van der Waals surface area contributed by atoms with Gasteiger partial charge in [0.15, 0.2) is 0 Å². The molecule has 5 rings (SSSR count). The normalized spacial score (nSPS) is 15.0. The summed E-state index contributed by atoms with van der Waals surface area (Å²) in [5.41, 5.74) is 1.58. The highest BCUT2D eigenvalue weighted by Crippen LogP contribution is 2.34. The number of carbonyl (C=O) groups excluding carboxylic acids is 1. The number of nitrogens with zero attached hydrogens (tertiary/aromatic N) is 4. The Balaban J connectivity index is 1.26. The molecule has 4 aromatic rings. The standard InChI is InChI=1S/C22H21FN4O3S2/c1-29-12-15-19-16(23)3-2-4-17(19)32-20(15)22(28)27-8-6-26(7-9-27)11-18-24-21(25-30-18)14-5-10-31-13-14/h2-5,10,13H,6-9,11-12H2,1H3. The van der Waals surface area contributed by atoms with Crippen molar-refractivity contribution in [3.63, 3.8) is 0 Å². The van der Waals surface area contributed by atoms with E-state index in [0.717, 1.165) is 10.3 Å². The number of halogens is 1. The zero-order chi connectivity index (χ0) is 22.1. The molecule has 1 aliphatic heterocycles. The minimum atomic E-state index is -0.323. The highest BCUT2D eigenvalue weighted by molar-refractivity contribution is 7.21. The SMILES string of the molecule is COCc1c(C(=O)N2CCN(Cc3nc(-c4ccsc4)no3)CC2)sc2cccc(F)c12. The van der Waals surface area contributed by atoms with Crippen molar-refractivity contribution in [2.45, 2.75) is 13.2 Å². The fourth-order valence-electron chi connectivity index (χ4n) is 3.89. The van der Waals surface area contributed by atoms with Gasteiger partial charge in [0.1, 0.15) is 5.82 Å². The number of aromatic nitrogens is 2. The van der Waals surface area contributed by atoms with Gasteiger partial charge < -0.3 is 14.2 Å². The molecule has 0 spiro atoms. The van der Waals surface area contributed by atoms with Crippen LogP contribution in [0.4, 0.5) is 4.39 Å². The first-order valence-corrected chi connectivity index (χ1v) is 12.0. The van der Waals surface area contributed by atoms with E-state index in [4.69, 9.17) is 9.26 Å². The van der Waals surface area contributed by atoms with Crippen molar-refractivity contribution in [1.29, 1.82) is 0 Å². The summed E-state index contributed by atoms with van der Waals surface area (Å²) in [6, 6.07) is 6.88. The number of rotatable bonds is 6. The van der Waals surface area contributed by atoms with Gasteiger partial charge in [-0.3, -0.25) is 9.69 Å². The van der Waals surface area contributed by atoms with Crippen molar-refractivity contribution in [1.82, 2.24) is 19.9 Å². The number of carbonyl (C=O) groups is 1. The number of amides is 1. The number of fused-ring (bicyclic) bond motifs is 1. The first kappa shape index (κ1) is 21.2. The van der Waals surface area contributed by atoms with Crippen LogP contribution in [0, 0.1) is 5.82 Å². The maximum atomic E-state index is 14.4. The monoisotopic (exact) mass is 472 g/mol. The highest BCUT2D eigenvalue weighted by atomic mass is 32.1. The van der Waals surface area contributed by atoms with Crippen LogP contribution in [-0.4, -0.2) is 59.1 Å². The van der Waals surface area contributed by atoms with Crippen molar-refractivity contribution >= 4 is 38.7 Å². The summed E-state index contributed by atoms with van der Waals surface area (Å²) >= 11 is 2.92. The molecule has 4 heterocycles. The molecular weight excluding hydrogens is 451 g/mol. The molecule has 1 aliphatic rings. The lowest BCUT2D eigenvalue weighted by atomic mass is 10.1. The lowest BCUT2D eigenvalue weighted by Gasteiger charge is -2.33. The quantitative estimate of drug-likeness (QED) is 0.418. The van der Waals surface area contributed by atoms with Crippen molar-refractivity contribution in [3.05, 3.63) is 57.2 Å². The topological polar surface area (TPSA) is 71.7 Å². The van der Waals surface area contributed by atoms with E-state index in [1.807, 2.05) is 27.8 Å². The molecule has 1 saturated heterocycles. The average Bonchev–Trinajstić information content (AvgIpc) is 3.55. The Morgan fingerprint density at radius 1 is 1.25 bits per heavy atom. The lowest BCUT2D eigenvalue weighted by Crippen LogP contribution is -2.48. The fourth-order valence-corrected chi connectivity index (χ4v) is 5.72. The van der Waals surface area contributed by atoms with Gasteiger partial charge in [-0.2, -0.15) is 16.3 Å². The number of ether oxygens (including phenoxy) is 1. The Labute approximate surface area is 192 Å². The van der Waals surface area contributed by atoms with Gasteiger partial charge in [-0.15, -0.1) is 11.3 Å². The zero-order valence-corrected chi connectivity index (χ0v) is 19.0. The maximum Gasteiger partial charge on any atom is 0.264 e. The summed E-state index contributed by atoms with van der Waals surface area (Å²) in [6.07, 6.45) is 0. The molecule has 0 aliphatic carbocycles. The van der Waals surface area contributed by atoms with Gasteiger partial charge in [0.25, 0.3) is 5.91 Å². The molecule has 1 amide bonds. The van der Waals surface area contributed by atoms with Crippen LogP contribution in [0.1, 0.15) is 21.1 Å². The molecule has 0 radical (unpaired) electrons. The molecule has 0 atom stereocenters. The Bertz CT molecular complexity index is 1230. The van der Waals surface area contributed by atoms with Crippen LogP contribution in [0.5, 0.6) is 0 Å². The van der Waals surface area contributed by atoms with E-state index < -0.39 is 0 Å². The predicted molar refractivity (Wildman–Crippen MR) is 121 cm³/mol. The number of benzene rings is 1. The molecule has 1 aromatic carbocycles. The second-order valence-corrected chi connectivity index (χ2v) is 9.38. The van der Waals surface area contributed by atoms with Crippen molar-refractivity contribution in [2.24, 2.45) is 0 Å². The number of hydrogen-bond acceptors (Lipinski definition) is 8. The van der Waals surface area contributed by atoms with Gasteiger partial charge in [0.05, 0.1) is 18.0 Å². The fraction of sp³-hybridized carbons (Fsp3) is 0.318. The second kappa shape index (κ2) is 9.07. The van der Waals surface area contributed by atoms with Gasteiger partial charge in [-0.25, -0.2) is 4.39 Å². The van der Waals surface area contributed by atoms with Gasteiger partial charge in [-0.1, -0.05) is 11.2 Å². The van der Waals surface area contributed by atoms with Gasteiger partial charge >= 0.3 is 0 Å². The second-order valence-electron chi connectivity index (χ2n) is 7.55. The Morgan fingerprint density at radius 2 is 2.09 bits per heavy atom. The third-order valence-corrected chi connectivity index (χ3v) is 7.38. The predicted octanol–water partition coefficient (Wildman–Crippen LogP) is 4.26. The zero-order valence-electron chi connectivity index (χ0n) is 17.4. The summed E-state index contributed by atoms with van der Waals surface area (Å²) in [5, 5.41) is 8.50. The third kappa shape index (κ3) is 4.06. The van der Waals surface area contributed by atoms with E-state index in [9.17, 15) is 9.18 Å². The van der Waals surface area contributed by atoms with Crippen LogP contribution in [0.3, 0.4) is 0 Å². The molecule has 0 N–H and O–H groups in total. The molecule has 7 nitrogen and oxygen atoms in total. The van der Waals surface area contributed by atoms with Crippen molar-refractivity contribution in [2.75, 3.05) is 33.3 Å². The highest BCUT2D eigenvalue weighted by Gasteiger charge is 2.28. The molecule has 3 aromatic heterocycles. The summed E-state index contributed by atoms with van der Waals surface area (Å²) in [5.74, 6) is 0.761. The van der Waals surface area contributed by atoms with Crippen LogP contribution in [0.2, 0.25) is 0 Å². The van der Waals surface area contributed by atoms with Crippen LogP contribution < -0.4 is 0 Å². The summed E-state index contributed by atoms with van der Waals surface area (Å²) < 4.78 is 25.9. The molecule has 1 fully saturated rings. The Kier molecular flexibility index (Phi) is 6.01. The smallest absolute Gasteiger partial charge is 0.264 e. The van der Waals surface area contributed by atoms with E-state index in [1.54, 1.807) is 24.5 Å². The lowest BCUT2D eigenvalue weighted by molar-refractivity contribution is 0.0616. The maximum absolute atomic E-state index is 14.4. The number of thiophene rings is 2. The Hall–Kier alpha value is -2.66. The van der Waals surface area contributed by atoms with Crippen LogP contribution >= 0.6 is 22.7 Å². The molecule has 0 bridgehead atoms. The van der Waals surface area contributed by atoms with E-state index in [1.165, 1.54) is 17.4 Å². The molecular formula is C22H21FN4O3S2. The summed E-state index contributed by atoms with van der Waals surface area (Å²) in [7, 11) is 1.55. The molecule has 32 heavy (non-hydrogen) atoms. The number of methoxy groups -OCH3 is 1. The number of piperazine rings is 1. The van der Waals surface area contributed by atoms with Gasteiger partial charge in [0, 0.05) is 59.9 Å².